The SMILES string of the molecule is N#Cc1ncc(N2CCCCC2)nc1Nc1ccc(N2CCN(C(=O)O)CC2)cc1. The number of nitrogens with one attached hydrogen (secondary N) is 1. The van der Waals surface area contributed by atoms with E-state index in [4.69, 9.17) is 5.11 Å². The van der Waals surface area contributed by atoms with E-state index >= 15 is 0 Å². The van der Waals surface area contributed by atoms with Crippen molar-refractivity contribution in [3.63, 3.8) is 0 Å². The van der Waals surface area contributed by atoms with Crippen LogP contribution in [0.15, 0.2) is 30.5 Å². The molecule has 9 nitrogen and oxygen atoms in total. The Hall–Kier alpha value is -3.54. The monoisotopic (exact) mass is 407 g/mol. The summed E-state index contributed by atoms with van der Waals surface area (Å²) in [6.45, 7) is 4.26. The highest BCUT2D eigenvalue weighted by Gasteiger charge is 2.20. The summed E-state index contributed by atoms with van der Waals surface area (Å²) in [6, 6.07) is 9.97. The fraction of sp³-hybridized carbons (Fsp3) is 0.429. The van der Waals surface area contributed by atoms with Crippen molar-refractivity contribution in [2.45, 2.75) is 19.3 Å². The van der Waals surface area contributed by atoms with E-state index in [9.17, 15) is 10.1 Å². The zero-order chi connectivity index (χ0) is 20.9. The lowest BCUT2D eigenvalue weighted by molar-refractivity contribution is 0.142. The van der Waals surface area contributed by atoms with Crippen LogP contribution >= 0.6 is 0 Å². The van der Waals surface area contributed by atoms with Crippen molar-refractivity contribution >= 4 is 29.1 Å². The van der Waals surface area contributed by atoms with Crippen LogP contribution < -0.4 is 15.1 Å². The van der Waals surface area contributed by atoms with Gasteiger partial charge in [-0.3, -0.25) is 0 Å². The van der Waals surface area contributed by atoms with Gasteiger partial charge in [0.25, 0.3) is 0 Å². The van der Waals surface area contributed by atoms with Gasteiger partial charge in [0, 0.05) is 50.6 Å². The van der Waals surface area contributed by atoms with Gasteiger partial charge in [0.2, 0.25) is 0 Å². The molecule has 2 aliphatic heterocycles. The van der Waals surface area contributed by atoms with Gasteiger partial charge < -0.3 is 25.1 Å². The number of carboxylic acid groups (broad SMARTS) is 1. The van der Waals surface area contributed by atoms with E-state index in [0.717, 1.165) is 43.1 Å². The molecule has 0 aliphatic carbocycles. The molecule has 30 heavy (non-hydrogen) atoms. The number of anilines is 4. The van der Waals surface area contributed by atoms with Crippen LogP contribution in [0.4, 0.5) is 27.8 Å². The van der Waals surface area contributed by atoms with Crippen molar-refractivity contribution in [2.24, 2.45) is 0 Å². The summed E-state index contributed by atoms with van der Waals surface area (Å²) in [5.41, 5.74) is 2.13. The maximum Gasteiger partial charge on any atom is 0.407 e. The van der Waals surface area contributed by atoms with Gasteiger partial charge in [0.1, 0.15) is 11.9 Å². The molecule has 1 aromatic heterocycles. The summed E-state index contributed by atoms with van der Waals surface area (Å²) in [7, 11) is 0. The molecular formula is C21H25N7O2. The smallest absolute Gasteiger partial charge is 0.407 e. The number of benzene rings is 1. The first-order chi connectivity index (χ1) is 14.6. The van der Waals surface area contributed by atoms with Crippen LogP contribution in [-0.2, 0) is 0 Å². The zero-order valence-corrected chi connectivity index (χ0v) is 16.8. The Balaban J connectivity index is 1.45. The molecule has 2 fully saturated rings. The third-order valence-electron chi connectivity index (χ3n) is 5.59. The van der Waals surface area contributed by atoms with Crippen LogP contribution in [-0.4, -0.2) is 65.3 Å². The van der Waals surface area contributed by atoms with E-state index in [1.807, 2.05) is 24.3 Å². The van der Waals surface area contributed by atoms with Gasteiger partial charge in [0.15, 0.2) is 11.5 Å². The van der Waals surface area contributed by atoms with Gasteiger partial charge in [-0.2, -0.15) is 5.26 Å². The number of hydrogen-bond donors (Lipinski definition) is 2. The topological polar surface area (TPSA) is 109 Å². The summed E-state index contributed by atoms with van der Waals surface area (Å²) in [6.07, 6.45) is 4.34. The molecule has 1 amide bonds. The van der Waals surface area contributed by atoms with Crippen molar-refractivity contribution in [1.82, 2.24) is 14.9 Å². The molecule has 0 bridgehead atoms. The number of aromatic nitrogens is 2. The van der Waals surface area contributed by atoms with Crippen LogP contribution in [0.1, 0.15) is 25.0 Å². The molecule has 2 N–H and O–H groups in total. The maximum atomic E-state index is 11.1. The Kier molecular flexibility index (Phi) is 5.84. The zero-order valence-electron chi connectivity index (χ0n) is 16.8. The Morgan fingerprint density at radius 1 is 1.00 bits per heavy atom. The summed E-state index contributed by atoms with van der Waals surface area (Å²) < 4.78 is 0. The summed E-state index contributed by atoms with van der Waals surface area (Å²) >= 11 is 0. The van der Waals surface area contributed by atoms with E-state index < -0.39 is 6.09 Å². The standard InChI is InChI=1S/C21H25N7O2/c22-14-18-20(25-19(15-23-18)27-8-2-1-3-9-27)24-16-4-6-17(7-5-16)26-10-12-28(13-11-26)21(29)30/h4-7,15H,1-3,8-13H2,(H,24,25)(H,29,30). The average Bonchev–Trinajstić information content (AvgIpc) is 2.80. The normalized spacial score (nSPS) is 16.8. The van der Waals surface area contributed by atoms with Crippen molar-refractivity contribution in [1.29, 1.82) is 5.26 Å². The largest absolute Gasteiger partial charge is 0.465 e. The predicted molar refractivity (Wildman–Crippen MR) is 114 cm³/mol. The van der Waals surface area contributed by atoms with Crippen LogP contribution in [0.5, 0.6) is 0 Å². The Bertz CT molecular complexity index is 927. The quantitative estimate of drug-likeness (QED) is 0.796. The molecule has 156 valence electrons. The number of piperidine rings is 1. The van der Waals surface area contributed by atoms with E-state index in [0.29, 0.717) is 32.0 Å². The molecule has 0 radical (unpaired) electrons. The first kappa shape index (κ1) is 19.8. The first-order valence-electron chi connectivity index (χ1n) is 10.3. The molecule has 3 heterocycles. The second kappa shape index (κ2) is 8.86. The molecule has 2 aromatic rings. The van der Waals surface area contributed by atoms with E-state index in [2.05, 4.69) is 31.2 Å². The first-order valence-corrected chi connectivity index (χ1v) is 10.3. The predicted octanol–water partition coefficient (Wildman–Crippen LogP) is 2.88. The summed E-state index contributed by atoms with van der Waals surface area (Å²) in [5.74, 6) is 1.26. The third kappa shape index (κ3) is 4.38. The molecule has 2 aliphatic rings. The molecule has 0 spiro atoms. The molecule has 2 saturated heterocycles. The minimum Gasteiger partial charge on any atom is -0.465 e. The molecule has 0 atom stereocenters. The van der Waals surface area contributed by atoms with Crippen LogP contribution in [0.3, 0.4) is 0 Å². The Morgan fingerprint density at radius 2 is 1.70 bits per heavy atom. The summed E-state index contributed by atoms with van der Waals surface area (Å²) in [4.78, 5) is 25.8. The second-order valence-corrected chi connectivity index (χ2v) is 7.51. The molecule has 0 saturated carbocycles. The minimum absolute atomic E-state index is 0.268. The van der Waals surface area contributed by atoms with Crippen LogP contribution in [0.25, 0.3) is 0 Å². The highest BCUT2D eigenvalue weighted by Crippen LogP contribution is 2.25. The van der Waals surface area contributed by atoms with E-state index in [1.165, 1.54) is 11.3 Å². The number of amides is 1. The second-order valence-electron chi connectivity index (χ2n) is 7.51. The molecule has 1 aromatic carbocycles. The number of piperazine rings is 1. The van der Waals surface area contributed by atoms with Gasteiger partial charge in [-0.15, -0.1) is 0 Å². The fourth-order valence-corrected chi connectivity index (χ4v) is 3.87. The summed E-state index contributed by atoms with van der Waals surface area (Å²) in [5, 5.41) is 21.7. The lowest BCUT2D eigenvalue weighted by Gasteiger charge is -2.34. The Morgan fingerprint density at radius 3 is 2.33 bits per heavy atom. The van der Waals surface area contributed by atoms with E-state index in [1.54, 1.807) is 6.20 Å². The van der Waals surface area contributed by atoms with Gasteiger partial charge in [-0.25, -0.2) is 14.8 Å². The number of nitriles is 1. The number of hydrogen-bond acceptors (Lipinski definition) is 7. The number of carbonyl (C=O) groups is 1. The lowest BCUT2D eigenvalue weighted by atomic mass is 10.1. The molecular weight excluding hydrogens is 382 g/mol. The van der Waals surface area contributed by atoms with Gasteiger partial charge in [-0.1, -0.05) is 0 Å². The van der Waals surface area contributed by atoms with E-state index in [-0.39, 0.29) is 5.69 Å². The van der Waals surface area contributed by atoms with Crippen LogP contribution in [0.2, 0.25) is 0 Å². The van der Waals surface area contributed by atoms with Gasteiger partial charge in [-0.05, 0) is 43.5 Å². The average molecular weight is 407 g/mol. The van der Waals surface area contributed by atoms with Crippen LogP contribution in [0, 0.1) is 11.3 Å². The Labute approximate surface area is 175 Å². The highest BCUT2D eigenvalue weighted by molar-refractivity contribution is 5.67. The maximum absolute atomic E-state index is 11.1. The molecule has 0 unspecified atom stereocenters. The minimum atomic E-state index is -0.865. The number of rotatable bonds is 4. The molecule has 9 heteroatoms. The van der Waals surface area contributed by atoms with Crippen molar-refractivity contribution in [2.75, 3.05) is 54.4 Å². The van der Waals surface area contributed by atoms with Gasteiger partial charge >= 0.3 is 6.09 Å². The fourth-order valence-electron chi connectivity index (χ4n) is 3.87. The van der Waals surface area contributed by atoms with Crippen molar-refractivity contribution < 1.29 is 9.90 Å². The lowest BCUT2D eigenvalue weighted by Crippen LogP contribution is -2.48. The third-order valence-corrected chi connectivity index (χ3v) is 5.59. The molecule has 4 rings (SSSR count). The van der Waals surface area contributed by atoms with Crippen molar-refractivity contribution in [3.8, 4) is 6.07 Å². The van der Waals surface area contributed by atoms with Gasteiger partial charge in [0.05, 0.1) is 6.20 Å². The number of nitrogens with zero attached hydrogens (tertiary/aromatic N) is 6. The van der Waals surface area contributed by atoms with Crippen molar-refractivity contribution in [3.05, 3.63) is 36.2 Å². The highest BCUT2D eigenvalue weighted by atomic mass is 16.4.